The van der Waals surface area contributed by atoms with Crippen molar-refractivity contribution in [2.45, 2.75) is 45.8 Å². The molecule has 2 rings (SSSR count). The van der Waals surface area contributed by atoms with E-state index in [1.807, 2.05) is 38.8 Å². The number of piperidine rings is 1. The molecule has 1 amide bonds. The molecule has 1 saturated heterocycles. The van der Waals surface area contributed by atoms with Crippen LogP contribution in [0.3, 0.4) is 0 Å². The molecule has 1 heterocycles. The van der Waals surface area contributed by atoms with Crippen LogP contribution in [0, 0.1) is 11.7 Å². The predicted octanol–water partition coefficient (Wildman–Crippen LogP) is 3.48. The van der Waals surface area contributed by atoms with Crippen LogP contribution in [0.2, 0.25) is 0 Å². The van der Waals surface area contributed by atoms with E-state index in [1.165, 1.54) is 12.1 Å². The first-order chi connectivity index (χ1) is 13.2. The van der Waals surface area contributed by atoms with E-state index >= 15 is 0 Å². The molecule has 28 heavy (non-hydrogen) atoms. The quantitative estimate of drug-likeness (QED) is 0.630. The van der Waals surface area contributed by atoms with E-state index in [-0.39, 0.29) is 11.9 Å². The molecular formula is C21H33FN4O2. The van der Waals surface area contributed by atoms with Crippen molar-refractivity contribution in [3.63, 3.8) is 0 Å². The summed E-state index contributed by atoms with van der Waals surface area (Å²) in [5.74, 6) is 0.845. The van der Waals surface area contributed by atoms with Crippen LogP contribution in [0.5, 0.6) is 0 Å². The lowest BCUT2D eigenvalue weighted by molar-refractivity contribution is 0.0168. The second-order valence-corrected chi connectivity index (χ2v) is 8.35. The summed E-state index contributed by atoms with van der Waals surface area (Å²) < 4.78 is 18.9. The lowest BCUT2D eigenvalue weighted by atomic mass is 9.98. The minimum atomic E-state index is -0.482. The third-order valence-electron chi connectivity index (χ3n) is 4.60. The molecule has 1 aromatic rings. The van der Waals surface area contributed by atoms with Crippen LogP contribution in [-0.2, 0) is 11.3 Å². The molecule has 1 aliphatic heterocycles. The number of hydrogen-bond donors (Lipinski definition) is 1. The first kappa shape index (κ1) is 22.0. The summed E-state index contributed by atoms with van der Waals surface area (Å²) in [4.78, 5) is 20.4. The predicted molar refractivity (Wildman–Crippen MR) is 110 cm³/mol. The topological polar surface area (TPSA) is 57.2 Å². The highest BCUT2D eigenvalue weighted by atomic mass is 19.1. The molecule has 1 aromatic carbocycles. The Morgan fingerprint density at radius 2 is 2.18 bits per heavy atom. The van der Waals surface area contributed by atoms with Crippen molar-refractivity contribution in [2.75, 3.05) is 33.7 Å². The van der Waals surface area contributed by atoms with Crippen molar-refractivity contribution in [1.29, 1.82) is 0 Å². The minimum absolute atomic E-state index is 0.238. The van der Waals surface area contributed by atoms with Crippen LogP contribution in [-0.4, -0.2) is 61.2 Å². The van der Waals surface area contributed by atoms with Crippen LogP contribution in [0.15, 0.2) is 29.3 Å². The van der Waals surface area contributed by atoms with Gasteiger partial charge in [0, 0.05) is 40.3 Å². The fourth-order valence-electron chi connectivity index (χ4n) is 3.33. The molecule has 0 aliphatic carbocycles. The monoisotopic (exact) mass is 392 g/mol. The average molecular weight is 393 g/mol. The number of hydrogen-bond acceptors (Lipinski definition) is 3. The molecular weight excluding hydrogens is 359 g/mol. The van der Waals surface area contributed by atoms with Crippen molar-refractivity contribution in [3.8, 4) is 0 Å². The van der Waals surface area contributed by atoms with Gasteiger partial charge in [-0.15, -0.1) is 0 Å². The van der Waals surface area contributed by atoms with Crippen molar-refractivity contribution in [1.82, 2.24) is 15.1 Å². The Bertz CT molecular complexity index is 687. The summed E-state index contributed by atoms with van der Waals surface area (Å²) >= 11 is 0. The molecule has 1 N–H and O–H groups in total. The first-order valence-electron chi connectivity index (χ1n) is 9.82. The van der Waals surface area contributed by atoms with E-state index in [0.29, 0.717) is 19.0 Å². The zero-order valence-corrected chi connectivity index (χ0v) is 17.7. The van der Waals surface area contributed by atoms with E-state index < -0.39 is 5.60 Å². The van der Waals surface area contributed by atoms with Gasteiger partial charge in [-0.25, -0.2) is 9.18 Å². The van der Waals surface area contributed by atoms with E-state index in [9.17, 15) is 9.18 Å². The van der Waals surface area contributed by atoms with Crippen LogP contribution >= 0.6 is 0 Å². The zero-order valence-electron chi connectivity index (χ0n) is 17.7. The number of ether oxygens (including phenoxy) is 1. The number of amides is 1. The van der Waals surface area contributed by atoms with Gasteiger partial charge < -0.3 is 19.9 Å². The third kappa shape index (κ3) is 7.02. The number of halogens is 1. The molecule has 0 radical (unpaired) electrons. The van der Waals surface area contributed by atoms with Crippen LogP contribution < -0.4 is 5.32 Å². The number of nitrogens with one attached hydrogen (secondary N) is 1. The zero-order chi connectivity index (χ0) is 20.7. The summed E-state index contributed by atoms with van der Waals surface area (Å²) in [6.07, 6.45) is 1.77. The number of likely N-dealkylation sites (tertiary alicyclic amines) is 1. The second-order valence-electron chi connectivity index (χ2n) is 8.35. The fraction of sp³-hybridized carbons (Fsp3) is 0.619. The first-order valence-corrected chi connectivity index (χ1v) is 9.82. The largest absolute Gasteiger partial charge is 0.444 e. The van der Waals surface area contributed by atoms with Crippen LogP contribution in [0.4, 0.5) is 9.18 Å². The SMILES string of the molecule is CN=C(NCC1CCCN(C(=O)OC(C)(C)C)C1)N(C)Cc1cccc(F)c1. The lowest BCUT2D eigenvalue weighted by Gasteiger charge is -2.34. The van der Waals surface area contributed by atoms with E-state index in [0.717, 1.165) is 37.5 Å². The number of aliphatic imine (C=N–C) groups is 1. The highest BCUT2D eigenvalue weighted by Crippen LogP contribution is 2.19. The van der Waals surface area contributed by atoms with E-state index in [1.54, 1.807) is 18.0 Å². The number of carbonyl (C=O) groups is 1. The molecule has 6 nitrogen and oxygen atoms in total. The second kappa shape index (κ2) is 9.75. The average Bonchev–Trinajstić information content (AvgIpc) is 2.61. The lowest BCUT2D eigenvalue weighted by Crippen LogP contribution is -2.47. The molecule has 7 heteroatoms. The molecule has 1 fully saturated rings. The molecule has 0 aromatic heterocycles. The number of nitrogens with zero attached hydrogens (tertiary/aromatic N) is 3. The molecule has 1 aliphatic rings. The Morgan fingerprint density at radius 3 is 2.82 bits per heavy atom. The molecule has 0 bridgehead atoms. The Hall–Kier alpha value is -2.31. The molecule has 0 spiro atoms. The number of benzene rings is 1. The van der Waals surface area contributed by atoms with Gasteiger partial charge in [-0.1, -0.05) is 12.1 Å². The normalized spacial score (nSPS) is 18.0. The van der Waals surface area contributed by atoms with Gasteiger partial charge in [-0.05, 0) is 57.2 Å². The molecule has 156 valence electrons. The highest BCUT2D eigenvalue weighted by Gasteiger charge is 2.27. The van der Waals surface area contributed by atoms with Gasteiger partial charge in [-0.3, -0.25) is 4.99 Å². The fourth-order valence-corrected chi connectivity index (χ4v) is 3.33. The molecule has 0 saturated carbocycles. The summed E-state index contributed by atoms with van der Waals surface area (Å²) in [5.41, 5.74) is 0.406. The number of carbonyl (C=O) groups excluding carboxylic acids is 1. The Kier molecular flexibility index (Phi) is 7.66. The minimum Gasteiger partial charge on any atom is -0.444 e. The summed E-state index contributed by atoms with van der Waals surface area (Å²) in [5, 5.41) is 3.38. The Labute approximate surface area is 167 Å². The Balaban J connectivity index is 1.86. The highest BCUT2D eigenvalue weighted by molar-refractivity contribution is 5.79. The van der Waals surface area contributed by atoms with E-state index in [2.05, 4.69) is 10.3 Å². The van der Waals surface area contributed by atoms with Crippen LogP contribution in [0.1, 0.15) is 39.2 Å². The number of rotatable bonds is 4. The molecule has 1 atom stereocenters. The van der Waals surface area contributed by atoms with Crippen molar-refractivity contribution >= 4 is 12.1 Å². The standard InChI is InChI=1S/C21H33FN4O2/c1-21(2,3)28-20(27)26-11-7-9-17(15-26)13-24-19(23-4)25(5)14-16-8-6-10-18(22)12-16/h6,8,10,12,17H,7,9,11,13-15H2,1-5H3,(H,23,24). The third-order valence-corrected chi connectivity index (χ3v) is 4.60. The van der Waals surface area contributed by atoms with Gasteiger partial charge in [0.05, 0.1) is 0 Å². The van der Waals surface area contributed by atoms with E-state index in [4.69, 9.17) is 4.74 Å². The maximum Gasteiger partial charge on any atom is 0.410 e. The van der Waals surface area contributed by atoms with Gasteiger partial charge in [0.1, 0.15) is 11.4 Å². The van der Waals surface area contributed by atoms with Gasteiger partial charge in [0.25, 0.3) is 0 Å². The maximum absolute atomic E-state index is 13.4. The van der Waals surface area contributed by atoms with Crippen molar-refractivity contribution < 1.29 is 13.9 Å². The maximum atomic E-state index is 13.4. The van der Waals surface area contributed by atoms with Crippen LogP contribution in [0.25, 0.3) is 0 Å². The number of guanidine groups is 1. The van der Waals surface area contributed by atoms with Crippen molar-refractivity contribution in [3.05, 3.63) is 35.6 Å². The van der Waals surface area contributed by atoms with Gasteiger partial charge in [-0.2, -0.15) is 0 Å². The Morgan fingerprint density at radius 1 is 1.43 bits per heavy atom. The summed E-state index contributed by atoms with van der Waals surface area (Å²) in [7, 11) is 3.66. The van der Waals surface area contributed by atoms with Crippen molar-refractivity contribution in [2.24, 2.45) is 10.9 Å². The summed E-state index contributed by atoms with van der Waals surface area (Å²) in [6, 6.07) is 6.58. The van der Waals surface area contributed by atoms with Gasteiger partial charge >= 0.3 is 6.09 Å². The summed E-state index contributed by atoms with van der Waals surface area (Å²) in [6.45, 7) is 8.34. The smallest absolute Gasteiger partial charge is 0.410 e. The van der Waals surface area contributed by atoms with Gasteiger partial charge in [0.2, 0.25) is 0 Å². The molecule has 1 unspecified atom stereocenters. The van der Waals surface area contributed by atoms with Gasteiger partial charge in [0.15, 0.2) is 5.96 Å².